The summed E-state index contributed by atoms with van der Waals surface area (Å²) >= 11 is 0. The third kappa shape index (κ3) is 1.48. The van der Waals surface area contributed by atoms with Crippen molar-refractivity contribution in [2.45, 2.75) is 37.6 Å². The highest BCUT2D eigenvalue weighted by atomic mass is 15.2. The van der Waals surface area contributed by atoms with Crippen LogP contribution in [0.25, 0.3) is 0 Å². The van der Waals surface area contributed by atoms with Gasteiger partial charge in [-0.25, -0.2) is 4.98 Å². The normalized spacial score (nSPS) is 35.5. The lowest BCUT2D eigenvalue weighted by molar-refractivity contribution is 0.164. The summed E-state index contributed by atoms with van der Waals surface area (Å²) in [4.78, 5) is 6.82. The van der Waals surface area contributed by atoms with Crippen LogP contribution in [0.15, 0.2) is 18.3 Å². The highest BCUT2D eigenvalue weighted by Gasteiger charge is 2.48. The van der Waals surface area contributed by atoms with E-state index in [4.69, 9.17) is 5.26 Å². The van der Waals surface area contributed by atoms with Gasteiger partial charge in [-0.05, 0) is 50.9 Å². The summed E-state index contributed by atoms with van der Waals surface area (Å²) < 4.78 is 0. The molecule has 2 saturated heterocycles. The van der Waals surface area contributed by atoms with Crippen LogP contribution in [0.5, 0.6) is 0 Å². The van der Waals surface area contributed by atoms with Crippen LogP contribution in [-0.2, 0) is 5.41 Å². The van der Waals surface area contributed by atoms with Crippen LogP contribution in [0, 0.1) is 11.3 Å². The summed E-state index contributed by atoms with van der Waals surface area (Å²) in [5.41, 5.74) is 2.13. The molecule has 2 aliphatic heterocycles. The summed E-state index contributed by atoms with van der Waals surface area (Å²) in [6.07, 6.45) is 5.70. The highest BCUT2D eigenvalue weighted by molar-refractivity contribution is 5.32. The predicted molar refractivity (Wildman–Crippen MR) is 65.5 cm³/mol. The molecule has 3 heteroatoms. The maximum Gasteiger partial charge on any atom is 0.140 e. The number of hydrogen-bond donors (Lipinski definition) is 0. The average Bonchev–Trinajstić information content (AvgIpc) is 2.58. The second kappa shape index (κ2) is 3.82. The third-order valence-corrected chi connectivity index (χ3v) is 4.71. The van der Waals surface area contributed by atoms with E-state index in [0.29, 0.717) is 17.2 Å². The van der Waals surface area contributed by atoms with Gasteiger partial charge in [-0.2, -0.15) is 5.26 Å². The van der Waals surface area contributed by atoms with Gasteiger partial charge in [-0.1, -0.05) is 6.07 Å². The molecule has 0 radical (unpaired) electrons. The van der Waals surface area contributed by atoms with Crippen LogP contribution in [0.1, 0.15) is 37.4 Å². The first-order chi connectivity index (χ1) is 8.26. The van der Waals surface area contributed by atoms with Crippen molar-refractivity contribution in [2.75, 3.05) is 13.1 Å². The standard InChI is InChI=1S/C14H17N3/c1-11-14(5-2-7-17(11)8-6-14)12-3-4-13(9-15)16-10-12/h3-4,10-11H,2,5-8H2,1H3/t11-,14?/m0/s1. The van der Waals surface area contributed by atoms with Crippen LogP contribution in [0.4, 0.5) is 0 Å². The first kappa shape index (κ1) is 10.7. The largest absolute Gasteiger partial charge is 0.300 e. The number of rotatable bonds is 1. The van der Waals surface area contributed by atoms with Gasteiger partial charge in [0.15, 0.2) is 0 Å². The molecule has 88 valence electrons. The number of hydrogen-bond acceptors (Lipinski definition) is 3. The second-order valence-electron chi connectivity index (χ2n) is 5.27. The van der Waals surface area contributed by atoms with E-state index in [-0.39, 0.29) is 0 Å². The molecule has 2 unspecified atom stereocenters. The minimum atomic E-state index is 0.291. The van der Waals surface area contributed by atoms with Crippen molar-refractivity contribution in [3.05, 3.63) is 29.6 Å². The third-order valence-electron chi connectivity index (χ3n) is 4.71. The number of nitrogens with zero attached hydrogens (tertiary/aromatic N) is 3. The van der Waals surface area contributed by atoms with Crippen molar-refractivity contribution in [3.8, 4) is 6.07 Å². The van der Waals surface area contributed by atoms with E-state index >= 15 is 0 Å². The lowest BCUT2D eigenvalue weighted by Crippen LogP contribution is -2.45. The van der Waals surface area contributed by atoms with Crippen molar-refractivity contribution in [2.24, 2.45) is 0 Å². The number of nitriles is 1. The molecule has 1 aromatic heterocycles. The molecular weight excluding hydrogens is 210 g/mol. The van der Waals surface area contributed by atoms with E-state index in [9.17, 15) is 0 Å². The van der Waals surface area contributed by atoms with Crippen molar-refractivity contribution < 1.29 is 0 Å². The summed E-state index contributed by atoms with van der Waals surface area (Å²) in [7, 11) is 0. The van der Waals surface area contributed by atoms with Gasteiger partial charge in [-0.15, -0.1) is 0 Å². The van der Waals surface area contributed by atoms with E-state index in [2.05, 4.69) is 28.9 Å². The zero-order chi connectivity index (χ0) is 11.9. The molecule has 0 aromatic carbocycles. The number of piperidine rings is 1. The molecule has 3 atom stereocenters. The fourth-order valence-electron chi connectivity index (χ4n) is 3.62. The Labute approximate surface area is 102 Å². The molecule has 0 aliphatic carbocycles. The SMILES string of the molecule is C[C@@H]1N2CCCC1(c1ccc(C#N)nc1)CC2. The van der Waals surface area contributed by atoms with E-state index in [0.717, 1.165) is 0 Å². The molecule has 0 amide bonds. The van der Waals surface area contributed by atoms with Crippen molar-refractivity contribution in [1.29, 1.82) is 5.26 Å². The summed E-state index contributed by atoms with van der Waals surface area (Å²) in [5, 5.41) is 8.80. The molecule has 1 aromatic rings. The molecule has 0 spiro atoms. The molecule has 2 bridgehead atoms. The lowest BCUT2D eigenvalue weighted by Gasteiger charge is -2.40. The van der Waals surface area contributed by atoms with Gasteiger partial charge in [0.2, 0.25) is 0 Å². The smallest absolute Gasteiger partial charge is 0.140 e. The van der Waals surface area contributed by atoms with Gasteiger partial charge in [0.1, 0.15) is 11.8 Å². The van der Waals surface area contributed by atoms with Crippen LogP contribution >= 0.6 is 0 Å². The van der Waals surface area contributed by atoms with Gasteiger partial charge >= 0.3 is 0 Å². The molecule has 3 heterocycles. The Morgan fingerprint density at radius 1 is 1.41 bits per heavy atom. The predicted octanol–water partition coefficient (Wildman–Crippen LogP) is 2.08. The Kier molecular flexibility index (Phi) is 2.41. The minimum Gasteiger partial charge on any atom is -0.300 e. The maximum atomic E-state index is 8.80. The number of pyridine rings is 1. The molecule has 0 N–H and O–H groups in total. The Morgan fingerprint density at radius 3 is 3.00 bits per heavy atom. The highest BCUT2D eigenvalue weighted by Crippen LogP contribution is 2.46. The van der Waals surface area contributed by atoms with Crippen molar-refractivity contribution >= 4 is 0 Å². The van der Waals surface area contributed by atoms with E-state index in [1.807, 2.05) is 12.3 Å². The Hall–Kier alpha value is -1.40. The summed E-state index contributed by atoms with van der Waals surface area (Å²) in [5.74, 6) is 0. The molecule has 0 saturated carbocycles. The van der Waals surface area contributed by atoms with E-state index in [1.165, 1.54) is 37.9 Å². The second-order valence-corrected chi connectivity index (χ2v) is 5.27. The quantitative estimate of drug-likeness (QED) is 0.737. The zero-order valence-corrected chi connectivity index (χ0v) is 10.2. The fourth-order valence-corrected chi connectivity index (χ4v) is 3.62. The number of aromatic nitrogens is 1. The van der Waals surface area contributed by atoms with E-state index in [1.54, 1.807) is 0 Å². The monoisotopic (exact) mass is 227 g/mol. The van der Waals surface area contributed by atoms with Crippen LogP contribution < -0.4 is 0 Å². The summed E-state index contributed by atoms with van der Waals surface area (Å²) in [6.45, 7) is 4.79. The van der Waals surface area contributed by atoms with Gasteiger partial charge in [0.05, 0.1) is 0 Å². The molecular formula is C14H17N3. The Morgan fingerprint density at radius 2 is 2.29 bits per heavy atom. The van der Waals surface area contributed by atoms with Gasteiger partial charge in [-0.3, -0.25) is 4.90 Å². The van der Waals surface area contributed by atoms with Gasteiger partial charge < -0.3 is 0 Å². The fraction of sp³-hybridized carbons (Fsp3) is 0.571. The molecule has 17 heavy (non-hydrogen) atoms. The van der Waals surface area contributed by atoms with Crippen molar-refractivity contribution in [3.63, 3.8) is 0 Å². The maximum absolute atomic E-state index is 8.80. The van der Waals surface area contributed by atoms with Gasteiger partial charge in [0, 0.05) is 17.7 Å². The molecule has 3 nitrogen and oxygen atoms in total. The molecule has 2 fully saturated rings. The lowest BCUT2D eigenvalue weighted by atomic mass is 9.70. The zero-order valence-electron chi connectivity index (χ0n) is 10.2. The van der Waals surface area contributed by atoms with Crippen LogP contribution in [-0.4, -0.2) is 29.0 Å². The first-order valence-corrected chi connectivity index (χ1v) is 6.37. The molecule has 2 aliphatic rings. The number of fused-ring (bicyclic) bond motifs is 2. The van der Waals surface area contributed by atoms with Crippen LogP contribution in [0.3, 0.4) is 0 Å². The first-order valence-electron chi connectivity index (χ1n) is 6.37. The minimum absolute atomic E-state index is 0.291. The topological polar surface area (TPSA) is 39.9 Å². The molecule has 3 rings (SSSR count). The van der Waals surface area contributed by atoms with Crippen LogP contribution in [0.2, 0.25) is 0 Å². The average molecular weight is 227 g/mol. The Balaban J connectivity index is 1.99. The van der Waals surface area contributed by atoms with Crippen molar-refractivity contribution in [1.82, 2.24) is 9.88 Å². The van der Waals surface area contributed by atoms with E-state index < -0.39 is 0 Å². The Bertz CT molecular complexity index is 455. The van der Waals surface area contributed by atoms with Gasteiger partial charge in [0.25, 0.3) is 0 Å². The summed E-state index contributed by atoms with van der Waals surface area (Å²) in [6, 6.07) is 6.67.